The van der Waals surface area contributed by atoms with Crippen molar-refractivity contribution < 1.29 is 28.7 Å². The van der Waals surface area contributed by atoms with Crippen molar-refractivity contribution in [2.45, 2.75) is 89.9 Å². The summed E-state index contributed by atoms with van der Waals surface area (Å²) in [7, 11) is 0. The first-order chi connectivity index (χ1) is 19.2. The maximum absolute atomic E-state index is 13.4. The molecule has 0 unspecified atom stereocenters. The Labute approximate surface area is 293 Å². The minimum Gasteiger partial charge on any atom is -0.445 e. The van der Waals surface area contributed by atoms with Crippen LogP contribution in [0.25, 0.3) is 0 Å². The number of carbonyl (C=O) groups excluding carboxylic acids is 5. The molecule has 1 aromatic rings. The van der Waals surface area contributed by atoms with E-state index in [-0.39, 0.29) is 90.7 Å². The van der Waals surface area contributed by atoms with Gasteiger partial charge in [0.25, 0.3) is 0 Å². The summed E-state index contributed by atoms with van der Waals surface area (Å²) < 4.78 is 5.29. The Bertz CT molecular complexity index is 1060. The van der Waals surface area contributed by atoms with E-state index < -0.39 is 36.0 Å². The fourth-order valence-electron chi connectivity index (χ4n) is 5.34. The zero-order valence-corrected chi connectivity index (χ0v) is 30.0. The summed E-state index contributed by atoms with van der Waals surface area (Å²) in [5.74, 6) is -1.48. The Hall–Kier alpha value is -1.74. The lowest BCUT2D eigenvalue weighted by atomic mass is 9.84. The summed E-state index contributed by atoms with van der Waals surface area (Å²) in [6.07, 6.45) is 6.31. The third-order valence-corrected chi connectivity index (χ3v) is 7.84. The topological polar surface area (TPSA) is 143 Å². The molecule has 0 radical (unpaired) electrons. The Morgan fingerprint density at radius 2 is 1.66 bits per heavy atom. The third kappa shape index (κ3) is 14.6. The molecular formula is C29H49ClN4O6S4. The van der Waals surface area contributed by atoms with E-state index in [1.54, 1.807) is 38.1 Å². The van der Waals surface area contributed by atoms with Crippen molar-refractivity contribution in [1.29, 1.82) is 0 Å². The Morgan fingerprint density at radius 1 is 0.977 bits per heavy atom. The number of rotatable bonds is 13. The lowest BCUT2D eigenvalue weighted by Crippen LogP contribution is -2.57. The molecule has 4 N–H and O–H groups in total. The van der Waals surface area contributed by atoms with Crippen LogP contribution in [-0.2, 0) is 30.5 Å². The SMILES string of the molecule is CC(C)[C@H](NC(=O)OCc1cccc(Cl)c1)C(=O)N[C@@H](CC1CCCCC1)C(=O)N[C@H](C=O)C[C@@H]1CCNC1=O.S.S.S.S. The van der Waals surface area contributed by atoms with Crippen LogP contribution in [0, 0.1) is 17.8 Å². The molecule has 2 fully saturated rings. The van der Waals surface area contributed by atoms with Crippen LogP contribution >= 0.6 is 65.6 Å². The summed E-state index contributed by atoms with van der Waals surface area (Å²) in [6.45, 7) is 4.10. The second-order valence-electron chi connectivity index (χ2n) is 11.1. The molecule has 252 valence electrons. The summed E-state index contributed by atoms with van der Waals surface area (Å²) >= 11 is 5.98. The molecule has 4 amide bonds. The number of nitrogens with one attached hydrogen (secondary N) is 4. The van der Waals surface area contributed by atoms with Crippen LogP contribution in [0.2, 0.25) is 5.02 Å². The van der Waals surface area contributed by atoms with Gasteiger partial charge in [0.05, 0.1) is 6.04 Å². The van der Waals surface area contributed by atoms with Crippen molar-refractivity contribution in [1.82, 2.24) is 21.3 Å². The molecule has 1 aliphatic carbocycles. The fraction of sp³-hybridized carbons (Fsp3) is 0.621. The van der Waals surface area contributed by atoms with Crippen molar-refractivity contribution in [3.05, 3.63) is 34.9 Å². The quantitative estimate of drug-likeness (QED) is 0.230. The number of aldehydes is 1. The molecule has 1 saturated heterocycles. The van der Waals surface area contributed by atoms with Gasteiger partial charge in [-0.25, -0.2) is 4.79 Å². The molecule has 1 aromatic carbocycles. The standard InChI is InChI=1S/C29H41ClN4O6.4H2S/c1-18(2)25(34-29(39)40-17-20-9-6-10-22(30)13-20)28(38)33-24(14-19-7-4-3-5-8-19)27(37)32-23(16-35)15-21-11-12-31-26(21)36;;;;/h6,9-10,13,16,18-19,21,23-25H,3-5,7-8,11-12,14-15,17H2,1-2H3,(H,31,36)(H,32,37)(H,33,38)(H,34,39);4*1H2/t21-,23-,24-,25-;;;;/m0..../s1. The second-order valence-corrected chi connectivity index (χ2v) is 11.6. The Balaban J connectivity index is 0. The van der Waals surface area contributed by atoms with Crippen LogP contribution in [0.1, 0.15) is 70.8 Å². The number of benzene rings is 1. The molecule has 1 aliphatic heterocycles. The van der Waals surface area contributed by atoms with E-state index in [4.69, 9.17) is 16.3 Å². The van der Waals surface area contributed by atoms with Crippen LogP contribution < -0.4 is 21.3 Å². The van der Waals surface area contributed by atoms with Crippen LogP contribution in [0.5, 0.6) is 0 Å². The highest BCUT2D eigenvalue weighted by atomic mass is 35.5. The van der Waals surface area contributed by atoms with E-state index in [9.17, 15) is 24.0 Å². The molecule has 0 spiro atoms. The van der Waals surface area contributed by atoms with Gasteiger partial charge in [-0.1, -0.05) is 69.7 Å². The number of amides is 4. The number of carbonyl (C=O) groups is 5. The van der Waals surface area contributed by atoms with Gasteiger partial charge in [0.2, 0.25) is 17.7 Å². The molecule has 2 aliphatic rings. The monoisotopic (exact) mass is 712 g/mol. The van der Waals surface area contributed by atoms with Gasteiger partial charge < -0.3 is 30.8 Å². The summed E-state index contributed by atoms with van der Waals surface area (Å²) in [5, 5.41) is 11.4. The van der Waals surface area contributed by atoms with Gasteiger partial charge in [-0.3, -0.25) is 14.4 Å². The normalized spacial score (nSPS) is 17.9. The Morgan fingerprint density at radius 3 is 2.23 bits per heavy atom. The molecule has 1 heterocycles. The summed E-state index contributed by atoms with van der Waals surface area (Å²) in [5.41, 5.74) is 0.706. The van der Waals surface area contributed by atoms with Gasteiger partial charge >= 0.3 is 6.09 Å². The van der Waals surface area contributed by atoms with Crippen LogP contribution in [-0.4, -0.2) is 54.8 Å². The predicted molar refractivity (Wildman–Crippen MR) is 192 cm³/mol. The van der Waals surface area contributed by atoms with Crippen molar-refractivity contribution in [2.24, 2.45) is 17.8 Å². The minimum absolute atomic E-state index is 0. The van der Waals surface area contributed by atoms with E-state index >= 15 is 0 Å². The van der Waals surface area contributed by atoms with E-state index in [2.05, 4.69) is 21.3 Å². The van der Waals surface area contributed by atoms with E-state index in [1.807, 2.05) is 0 Å². The lowest BCUT2D eigenvalue weighted by Gasteiger charge is -2.29. The second kappa shape index (κ2) is 22.7. The smallest absolute Gasteiger partial charge is 0.408 e. The minimum atomic E-state index is -0.947. The maximum Gasteiger partial charge on any atom is 0.408 e. The number of hydrogen-bond donors (Lipinski definition) is 4. The highest BCUT2D eigenvalue weighted by Crippen LogP contribution is 2.27. The Kier molecular flexibility index (Phi) is 22.9. The zero-order valence-electron chi connectivity index (χ0n) is 25.2. The summed E-state index contributed by atoms with van der Waals surface area (Å²) in [6, 6.07) is 4.24. The molecule has 10 nitrogen and oxygen atoms in total. The molecule has 1 saturated carbocycles. The van der Waals surface area contributed by atoms with Gasteiger partial charge in [0, 0.05) is 17.5 Å². The van der Waals surface area contributed by atoms with E-state index in [1.165, 1.54) is 0 Å². The molecule has 15 heteroatoms. The van der Waals surface area contributed by atoms with E-state index in [0.717, 1.165) is 32.1 Å². The van der Waals surface area contributed by atoms with Crippen molar-refractivity contribution >= 4 is 95.7 Å². The van der Waals surface area contributed by atoms with E-state index in [0.29, 0.717) is 36.3 Å². The largest absolute Gasteiger partial charge is 0.445 e. The van der Waals surface area contributed by atoms with Gasteiger partial charge in [-0.05, 0) is 48.8 Å². The highest BCUT2D eigenvalue weighted by Gasteiger charge is 2.33. The first-order valence-corrected chi connectivity index (χ1v) is 14.6. The molecule has 0 aromatic heterocycles. The van der Waals surface area contributed by atoms with Crippen LogP contribution in [0.3, 0.4) is 0 Å². The van der Waals surface area contributed by atoms with Crippen LogP contribution in [0.15, 0.2) is 24.3 Å². The third-order valence-electron chi connectivity index (χ3n) is 7.60. The first kappa shape index (κ1) is 44.4. The summed E-state index contributed by atoms with van der Waals surface area (Å²) in [4.78, 5) is 63.0. The number of hydrogen-bond acceptors (Lipinski definition) is 6. The number of alkyl carbamates (subject to hydrolysis) is 1. The molecule has 44 heavy (non-hydrogen) atoms. The van der Waals surface area contributed by atoms with Gasteiger partial charge in [0.15, 0.2) is 0 Å². The molecule has 4 atom stereocenters. The first-order valence-electron chi connectivity index (χ1n) is 14.2. The van der Waals surface area contributed by atoms with Gasteiger partial charge in [0.1, 0.15) is 25.0 Å². The van der Waals surface area contributed by atoms with Gasteiger partial charge in [-0.2, -0.15) is 54.0 Å². The van der Waals surface area contributed by atoms with Crippen LogP contribution in [0.4, 0.5) is 4.79 Å². The van der Waals surface area contributed by atoms with Gasteiger partial charge in [-0.15, -0.1) is 0 Å². The molecule has 3 rings (SSSR count). The fourth-order valence-corrected chi connectivity index (χ4v) is 5.55. The average molecular weight is 713 g/mol. The maximum atomic E-state index is 13.4. The average Bonchev–Trinajstić information content (AvgIpc) is 3.34. The number of halogens is 1. The zero-order chi connectivity index (χ0) is 29.1. The lowest BCUT2D eigenvalue weighted by molar-refractivity contribution is -0.132. The van der Waals surface area contributed by atoms with Crippen molar-refractivity contribution in [3.8, 4) is 0 Å². The predicted octanol–water partition coefficient (Wildman–Crippen LogP) is 3.71. The van der Waals surface area contributed by atoms with Crippen molar-refractivity contribution in [2.75, 3.05) is 6.54 Å². The highest BCUT2D eigenvalue weighted by molar-refractivity contribution is 7.59. The molecular weight excluding hydrogens is 664 g/mol. The number of ether oxygens (including phenoxy) is 1. The van der Waals surface area contributed by atoms with Crippen molar-refractivity contribution in [3.63, 3.8) is 0 Å². The molecule has 0 bridgehead atoms.